The Morgan fingerprint density at radius 2 is 2.03 bits per heavy atom. The highest BCUT2D eigenvalue weighted by Crippen LogP contribution is 2.34. The smallest absolute Gasteiger partial charge is 0.253 e. The topological polar surface area (TPSA) is 76.8 Å². The lowest BCUT2D eigenvalue weighted by molar-refractivity contribution is -0.130. The quantitative estimate of drug-likeness (QED) is 0.411. The predicted molar refractivity (Wildman–Crippen MR) is 112 cm³/mol. The standard InChI is InChI=1S/C22H17FN4O3S/c23-15-4-1-5-16(12-15)26-9-8-24-22(26)31-14-21(28)27-18(20-7-3-11-30-20)13-17(25-27)19-6-2-10-29-19/h1-12,18H,13-14H2/t18-/m1/s1. The van der Waals surface area contributed by atoms with Crippen LogP contribution in [0.2, 0.25) is 0 Å². The second-order valence-electron chi connectivity index (χ2n) is 6.85. The van der Waals surface area contributed by atoms with Crippen molar-refractivity contribution >= 4 is 23.4 Å². The largest absolute Gasteiger partial charge is 0.467 e. The fourth-order valence-corrected chi connectivity index (χ4v) is 4.27. The number of hydrogen-bond acceptors (Lipinski definition) is 6. The Kier molecular flexibility index (Phi) is 5.17. The van der Waals surface area contributed by atoms with Gasteiger partial charge in [-0.15, -0.1) is 0 Å². The molecule has 0 unspecified atom stereocenters. The molecule has 0 saturated carbocycles. The molecule has 4 heterocycles. The lowest BCUT2D eigenvalue weighted by Crippen LogP contribution is -2.28. The number of halogens is 1. The Morgan fingerprint density at radius 1 is 1.16 bits per heavy atom. The van der Waals surface area contributed by atoms with Gasteiger partial charge >= 0.3 is 0 Å². The number of hydrogen-bond donors (Lipinski definition) is 0. The van der Waals surface area contributed by atoms with E-state index in [1.807, 2.05) is 12.1 Å². The molecule has 0 spiro atoms. The maximum atomic E-state index is 13.6. The van der Waals surface area contributed by atoms with Crippen molar-refractivity contribution in [3.8, 4) is 5.69 Å². The van der Waals surface area contributed by atoms with E-state index in [1.165, 1.54) is 28.9 Å². The summed E-state index contributed by atoms with van der Waals surface area (Å²) in [5.74, 6) is 0.863. The van der Waals surface area contributed by atoms with Gasteiger partial charge in [0.05, 0.1) is 24.0 Å². The second-order valence-corrected chi connectivity index (χ2v) is 7.79. The molecule has 0 aliphatic carbocycles. The van der Waals surface area contributed by atoms with Crippen LogP contribution < -0.4 is 0 Å². The lowest BCUT2D eigenvalue weighted by Gasteiger charge is -2.19. The Morgan fingerprint density at radius 3 is 2.81 bits per heavy atom. The number of thioether (sulfide) groups is 1. The molecule has 0 radical (unpaired) electrons. The molecule has 0 saturated heterocycles. The number of carbonyl (C=O) groups is 1. The van der Waals surface area contributed by atoms with Crippen LogP contribution in [-0.2, 0) is 4.79 Å². The minimum atomic E-state index is -0.342. The number of carbonyl (C=O) groups excluding carboxylic acids is 1. The summed E-state index contributed by atoms with van der Waals surface area (Å²) in [5.41, 5.74) is 1.33. The van der Waals surface area contributed by atoms with Crippen LogP contribution in [0.25, 0.3) is 5.69 Å². The lowest BCUT2D eigenvalue weighted by atomic mass is 10.1. The minimum Gasteiger partial charge on any atom is -0.467 e. The second kappa shape index (κ2) is 8.27. The number of amides is 1. The van der Waals surface area contributed by atoms with Gasteiger partial charge in [-0.2, -0.15) is 5.10 Å². The van der Waals surface area contributed by atoms with Crippen molar-refractivity contribution < 1.29 is 18.0 Å². The minimum absolute atomic E-state index is 0.110. The molecule has 1 aromatic carbocycles. The first-order valence-corrected chi connectivity index (χ1v) is 10.6. The van der Waals surface area contributed by atoms with Crippen LogP contribution >= 0.6 is 11.8 Å². The monoisotopic (exact) mass is 436 g/mol. The molecule has 1 atom stereocenters. The summed E-state index contributed by atoms with van der Waals surface area (Å²) in [6, 6.07) is 13.1. The van der Waals surface area contributed by atoms with Crippen LogP contribution in [0.15, 0.2) is 92.5 Å². The zero-order valence-corrected chi connectivity index (χ0v) is 17.0. The normalized spacial score (nSPS) is 16.0. The van der Waals surface area contributed by atoms with Crippen LogP contribution in [0.5, 0.6) is 0 Å². The molecule has 7 nitrogen and oxygen atoms in total. The Labute approximate surface area is 181 Å². The number of imidazole rings is 1. The van der Waals surface area contributed by atoms with Gasteiger partial charge < -0.3 is 8.83 Å². The van der Waals surface area contributed by atoms with E-state index in [-0.39, 0.29) is 23.5 Å². The van der Waals surface area contributed by atoms with Gasteiger partial charge in [0.2, 0.25) is 0 Å². The van der Waals surface area contributed by atoms with Gasteiger partial charge in [-0.25, -0.2) is 14.4 Å². The molecule has 0 N–H and O–H groups in total. The Balaban J connectivity index is 1.35. The van der Waals surface area contributed by atoms with E-state index in [0.717, 1.165) is 0 Å². The summed E-state index contributed by atoms with van der Waals surface area (Å²) in [6.45, 7) is 0. The van der Waals surface area contributed by atoms with Crippen molar-refractivity contribution in [3.63, 3.8) is 0 Å². The maximum absolute atomic E-state index is 13.6. The fraction of sp³-hybridized carbons (Fsp3) is 0.136. The molecule has 1 amide bonds. The van der Waals surface area contributed by atoms with Crippen molar-refractivity contribution in [2.24, 2.45) is 5.10 Å². The molecule has 1 aliphatic rings. The molecule has 3 aromatic heterocycles. The van der Waals surface area contributed by atoms with Gasteiger partial charge in [-0.1, -0.05) is 17.8 Å². The van der Waals surface area contributed by atoms with Crippen LogP contribution in [0.1, 0.15) is 24.0 Å². The van der Waals surface area contributed by atoms with Crippen molar-refractivity contribution in [1.82, 2.24) is 14.6 Å². The number of aromatic nitrogens is 2. The van der Waals surface area contributed by atoms with Crippen molar-refractivity contribution in [2.75, 3.05) is 5.75 Å². The van der Waals surface area contributed by atoms with E-state index in [0.29, 0.717) is 34.5 Å². The van der Waals surface area contributed by atoms with Crippen molar-refractivity contribution in [3.05, 3.63) is 90.8 Å². The highest BCUT2D eigenvalue weighted by Gasteiger charge is 2.35. The molecule has 0 fully saturated rings. The van der Waals surface area contributed by atoms with Crippen molar-refractivity contribution in [2.45, 2.75) is 17.6 Å². The van der Waals surface area contributed by atoms with Gasteiger partial charge in [-0.05, 0) is 42.5 Å². The van der Waals surface area contributed by atoms with Gasteiger partial charge in [0, 0.05) is 18.8 Å². The molecule has 9 heteroatoms. The van der Waals surface area contributed by atoms with Crippen LogP contribution in [0.3, 0.4) is 0 Å². The van der Waals surface area contributed by atoms with Crippen molar-refractivity contribution in [1.29, 1.82) is 0 Å². The number of benzene rings is 1. The Bertz CT molecular complexity index is 1220. The molecule has 156 valence electrons. The molecular weight excluding hydrogens is 419 g/mol. The third kappa shape index (κ3) is 3.91. The van der Waals surface area contributed by atoms with Crippen LogP contribution in [0.4, 0.5) is 4.39 Å². The zero-order valence-electron chi connectivity index (χ0n) is 16.2. The summed E-state index contributed by atoms with van der Waals surface area (Å²) in [5, 5.41) is 6.55. The van der Waals surface area contributed by atoms with E-state index in [9.17, 15) is 9.18 Å². The summed E-state index contributed by atoms with van der Waals surface area (Å²) in [4.78, 5) is 17.4. The van der Waals surface area contributed by atoms with Gasteiger partial charge in [0.25, 0.3) is 5.91 Å². The number of hydrazone groups is 1. The highest BCUT2D eigenvalue weighted by atomic mass is 32.2. The Hall–Kier alpha value is -3.59. The fourth-order valence-electron chi connectivity index (χ4n) is 3.45. The third-order valence-corrected chi connectivity index (χ3v) is 5.81. The number of nitrogens with zero attached hydrogens (tertiary/aromatic N) is 4. The molecule has 4 aromatic rings. The zero-order chi connectivity index (χ0) is 21.2. The van der Waals surface area contributed by atoms with Gasteiger partial charge in [-0.3, -0.25) is 9.36 Å². The molecular formula is C22H17FN4O3S. The summed E-state index contributed by atoms with van der Waals surface area (Å²) < 4.78 is 26.4. The van der Waals surface area contributed by atoms with Crippen LogP contribution in [-0.4, -0.2) is 31.9 Å². The molecule has 1 aliphatic heterocycles. The SMILES string of the molecule is O=C(CSc1nccn1-c1cccc(F)c1)N1N=C(c2ccco2)C[C@@H]1c1ccco1. The van der Waals surface area contributed by atoms with E-state index in [4.69, 9.17) is 8.83 Å². The van der Waals surface area contributed by atoms with E-state index in [1.54, 1.807) is 53.8 Å². The number of furan rings is 2. The first-order chi connectivity index (χ1) is 15.2. The molecule has 5 rings (SSSR count). The first kappa shape index (κ1) is 19.4. The van der Waals surface area contributed by atoms with Gasteiger partial charge in [0.1, 0.15) is 29.1 Å². The highest BCUT2D eigenvalue weighted by molar-refractivity contribution is 7.99. The van der Waals surface area contributed by atoms with Gasteiger partial charge in [0.15, 0.2) is 5.16 Å². The van der Waals surface area contributed by atoms with E-state index >= 15 is 0 Å². The predicted octanol–water partition coefficient (Wildman–Crippen LogP) is 4.67. The summed E-state index contributed by atoms with van der Waals surface area (Å²) in [6.07, 6.45) is 7.00. The van der Waals surface area contributed by atoms with E-state index in [2.05, 4.69) is 10.1 Å². The van der Waals surface area contributed by atoms with Crippen LogP contribution in [0, 0.1) is 5.82 Å². The average Bonchev–Trinajstić information content (AvgIpc) is 3.56. The molecule has 0 bridgehead atoms. The molecule has 31 heavy (non-hydrogen) atoms. The van der Waals surface area contributed by atoms with E-state index < -0.39 is 0 Å². The average molecular weight is 436 g/mol. The summed E-state index contributed by atoms with van der Waals surface area (Å²) >= 11 is 1.26. The summed E-state index contributed by atoms with van der Waals surface area (Å²) in [7, 11) is 0. The third-order valence-electron chi connectivity index (χ3n) is 4.86. The maximum Gasteiger partial charge on any atom is 0.253 e. The first-order valence-electron chi connectivity index (χ1n) is 9.58. The number of rotatable bonds is 6.